The molecule has 0 N–H and O–H groups in total. The highest BCUT2D eigenvalue weighted by atomic mass is 32.2. The number of hydrogen-bond acceptors (Lipinski definition) is 6. The van der Waals surface area contributed by atoms with Crippen molar-refractivity contribution < 1.29 is 22.7 Å². The van der Waals surface area contributed by atoms with E-state index in [-0.39, 0.29) is 28.8 Å². The van der Waals surface area contributed by atoms with Crippen molar-refractivity contribution in [2.75, 3.05) is 44.1 Å². The fourth-order valence-electron chi connectivity index (χ4n) is 4.69. The maximum Gasteiger partial charge on any atom is 0.264 e. The minimum absolute atomic E-state index is 0.0688. The number of nitrogens with zero attached hydrogens (tertiary/aromatic N) is 3. The van der Waals surface area contributed by atoms with E-state index in [1.807, 2.05) is 61.5 Å². The first-order chi connectivity index (χ1) is 19.3. The summed E-state index contributed by atoms with van der Waals surface area (Å²) in [7, 11) is 2.89. The lowest BCUT2D eigenvalue weighted by Gasteiger charge is -2.29. The monoisotopic (exact) mass is 579 g/mol. The van der Waals surface area contributed by atoms with E-state index in [1.165, 1.54) is 4.31 Å². The van der Waals surface area contributed by atoms with Gasteiger partial charge in [0.1, 0.15) is 6.54 Å². The summed E-state index contributed by atoms with van der Waals surface area (Å²) in [6.45, 7) is 6.27. The molecule has 41 heavy (non-hydrogen) atoms. The molecule has 3 aromatic carbocycles. The first kappa shape index (κ1) is 30.2. The summed E-state index contributed by atoms with van der Waals surface area (Å²) in [6.07, 6.45) is 1.77. The molecule has 0 atom stereocenters. The molecule has 3 aromatic rings. The van der Waals surface area contributed by atoms with Gasteiger partial charge in [0, 0.05) is 32.4 Å². The minimum atomic E-state index is -4.05. The number of ether oxygens (including phenoxy) is 2. The largest absolute Gasteiger partial charge is 0.493 e. The Morgan fingerprint density at radius 1 is 0.878 bits per heavy atom. The number of hydrogen-bond donors (Lipinski definition) is 0. The van der Waals surface area contributed by atoms with Crippen LogP contribution in [-0.4, -0.2) is 60.1 Å². The molecule has 220 valence electrons. The SMILES string of the molecule is COc1ccc(CN(C(=O)CN(c2cccc(N(C)C)c2)S(=O)(=O)c2ccc(C(C)(C)C)cc2)C2CC2)cc1OC. The van der Waals surface area contributed by atoms with E-state index in [0.29, 0.717) is 23.7 Å². The molecule has 0 radical (unpaired) electrons. The number of sulfonamides is 1. The van der Waals surface area contributed by atoms with Crippen LogP contribution >= 0.6 is 0 Å². The first-order valence-electron chi connectivity index (χ1n) is 13.8. The standard InChI is InChI=1S/C32H41N3O5S/c1-32(2,3)24-12-16-28(17-13-24)41(37,38)35(27-10-8-9-26(20-27)33(4)5)22-31(36)34(25-14-15-25)21-23-11-18-29(39-6)30(19-23)40-7/h8-13,16-20,25H,14-15,21-22H2,1-7H3. The Kier molecular flexibility index (Phi) is 8.87. The molecule has 1 saturated carbocycles. The summed E-state index contributed by atoms with van der Waals surface area (Å²) in [5.41, 5.74) is 3.06. The Labute approximate surface area is 244 Å². The second-order valence-corrected chi connectivity index (χ2v) is 13.5. The Bertz CT molecular complexity index is 1480. The Balaban J connectivity index is 1.69. The third kappa shape index (κ3) is 6.96. The molecule has 0 saturated heterocycles. The smallest absolute Gasteiger partial charge is 0.264 e. The third-order valence-electron chi connectivity index (χ3n) is 7.33. The summed E-state index contributed by atoms with van der Waals surface area (Å²) >= 11 is 0. The molecule has 0 unspecified atom stereocenters. The average Bonchev–Trinajstić information content (AvgIpc) is 3.79. The molecule has 0 aromatic heterocycles. The molecule has 4 rings (SSSR count). The maximum atomic E-state index is 14.1. The Hall–Kier alpha value is -3.72. The number of rotatable bonds is 11. The van der Waals surface area contributed by atoms with E-state index in [2.05, 4.69) is 20.8 Å². The molecule has 1 fully saturated rings. The van der Waals surface area contributed by atoms with Crippen LogP contribution in [0.4, 0.5) is 11.4 Å². The predicted octanol–water partition coefficient (Wildman–Crippen LogP) is 5.45. The van der Waals surface area contributed by atoms with Crippen molar-refractivity contribution >= 4 is 27.3 Å². The molecule has 0 aliphatic heterocycles. The zero-order valence-electron chi connectivity index (χ0n) is 25.0. The molecule has 1 aliphatic rings. The minimum Gasteiger partial charge on any atom is -0.493 e. The van der Waals surface area contributed by atoms with Gasteiger partial charge < -0.3 is 19.3 Å². The van der Waals surface area contributed by atoms with Crippen LogP contribution in [0.1, 0.15) is 44.7 Å². The first-order valence-corrected chi connectivity index (χ1v) is 15.2. The predicted molar refractivity (Wildman–Crippen MR) is 164 cm³/mol. The Morgan fingerprint density at radius 3 is 2.07 bits per heavy atom. The van der Waals surface area contributed by atoms with Gasteiger partial charge in [0.25, 0.3) is 10.0 Å². The lowest BCUT2D eigenvalue weighted by Crippen LogP contribution is -2.43. The van der Waals surface area contributed by atoms with Gasteiger partial charge in [-0.3, -0.25) is 9.10 Å². The number of carbonyl (C=O) groups is 1. The highest BCUT2D eigenvalue weighted by Gasteiger charge is 2.36. The highest BCUT2D eigenvalue weighted by Crippen LogP contribution is 2.34. The third-order valence-corrected chi connectivity index (χ3v) is 9.12. The van der Waals surface area contributed by atoms with E-state index in [1.54, 1.807) is 43.4 Å². The molecule has 0 bridgehead atoms. The van der Waals surface area contributed by atoms with Gasteiger partial charge in [0.15, 0.2) is 11.5 Å². The second kappa shape index (κ2) is 12.0. The van der Waals surface area contributed by atoms with Crippen LogP contribution in [0, 0.1) is 0 Å². The topological polar surface area (TPSA) is 79.4 Å². The summed E-state index contributed by atoms with van der Waals surface area (Å²) < 4.78 is 40.3. The molecule has 9 heteroatoms. The molecule has 1 amide bonds. The van der Waals surface area contributed by atoms with Gasteiger partial charge in [-0.25, -0.2) is 8.42 Å². The van der Waals surface area contributed by atoms with Crippen molar-refractivity contribution in [2.45, 2.75) is 56.5 Å². The average molecular weight is 580 g/mol. The van der Waals surface area contributed by atoms with Crippen molar-refractivity contribution in [3.63, 3.8) is 0 Å². The van der Waals surface area contributed by atoms with Gasteiger partial charge in [-0.05, 0) is 71.8 Å². The van der Waals surface area contributed by atoms with Crippen molar-refractivity contribution in [3.8, 4) is 11.5 Å². The lowest BCUT2D eigenvalue weighted by atomic mass is 9.87. The fraction of sp³-hybridized carbons (Fsp3) is 0.406. The van der Waals surface area contributed by atoms with Crippen LogP contribution in [0.3, 0.4) is 0 Å². The molecular weight excluding hydrogens is 538 g/mol. The van der Waals surface area contributed by atoms with E-state index in [4.69, 9.17) is 9.47 Å². The number of amides is 1. The normalized spacial score (nSPS) is 13.4. The molecule has 0 heterocycles. The summed E-state index contributed by atoms with van der Waals surface area (Å²) in [6, 6.07) is 19.8. The van der Waals surface area contributed by atoms with Crippen LogP contribution in [0.15, 0.2) is 71.6 Å². The van der Waals surface area contributed by atoms with E-state index in [9.17, 15) is 13.2 Å². The maximum absolute atomic E-state index is 14.1. The van der Waals surface area contributed by atoms with Gasteiger partial charge >= 0.3 is 0 Å². The van der Waals surface area contributed by atoms with Crippen molar-refractivity contribution in [1.82, 2.24) is 4.90 Å². The number of benzene rings is 3. The van der Waals surface area contributed by atoms with Crippen LogP contribution in [0.25, 0.3) is 0 Å². The van der Waals surface area contributed by atoms with Crippen LogP contribution in [0.2, 0.25) is 0 Å². The number of carbonyl (C=O) groups excluding carboxylic acids is 1. The lowest BCUT2D eigenvalue weighted by molar-refractivity contribution is -0.130. The second-order valence-electron chi connectivity index (χ2n) is 11.6. The van der Waals surface area contributed by atoms with Crippen molar-refractivity contribution in [1.29, 1.82) is 0 Å². The Morgan fingerprint density at radius 2 is 1.51 bits per heavy atom. The molecule has 1 aliphatic carbocycles. The van der Waals surface area contributed by atoms with E-state index >= 15 is 0 Å². The van der Waals surface area contributed by atoms with Crippen LogP contribution in [-0.2, 0) is 26.8 Å². The van der Waals surface area contributed by atoms with E-state index in [0.717, 1.165) is 29.7 Å². The van der Waals surface area contributed by atoms with Crippen molar-refractivity contribution in [3.05, 3.63) is 77.9 Å². The molecule has 0 spiro atoms. The van der Waals surface area contributed by atoms with E-state index < -0.39 is 10.0 Å². The molecular formula is C32H41N3O5S. The van der Waals surface area contributed by atoms with Gasteiger partial charge in [0.2, 0.25) is 5.91 Å². The number of anilines is 2. The fourth-order valence-corrected chi connectivity index (χ4v) is 6.10. The summed E-state index contributed by atoms with van der Waals surface area (Å²) in [5, 5.41) is 0. The zero-order chi connectivity index (χ0) is 29.9. The highest BCUT2D eigenvalue weighted by molar-refractivity contribution is 7.92. The zero-order valence-corrected chi connectivity index (χ0v) is 25.9. The van der Waals surface area contributed by atoms with Crippen LogP contribution < -0.4 is 18.7 Å². The summed E-state index contributed by atoms with van der Waals surface area (Å²) in [5.74, 6) is 0.931. The summed E-state index contributed by atoms with van der Waals surface area (Å²) in [4.78, 5) is 17.8. The van der Waals surface area contributed by atoms with Gasteiger partial charge in [-0.15, -0.1) is 0 Å². The quantitative estimate of drug-likeness (QED) is 0.301. The van der Waals surface area contributed by atoms with Gasteiger partial charge in [-0.1, -0.05) is 45.0 Å². The van der Waals surface area contributed by atoms with Crippen LogP contribution in [0.5, 0.6) is 11.5 Å². The van der Waals surface area contributed by atoms with Gasteiger partial charge in [0.05, 0.1) is 24.8 Å². The molecule has 8 nitrogen and oxygen atoms in total. The van der Waals surface area contributed by atoms with Gasteiger partial charge in [-0.2, -0.15) is 0 Å². The number of methoxy groups -OCH3 is 2. The van der Waals surface area contributed by atoms with Crippen molar-refractivity contribution in [2.24, 2.45) is 0 Å².